The Morgan fingerprint density at radius 2 is 1.96 bits per heavy atom. The van der Waals surface area contributed by atoms with Gasteiger partial charge in [0, 0.05) is 18.4 Å². The van der Waals surface area contributed by atoms with Crippen molar-refractivity contribution in [3.05, 3.63) is 35.9 Å². The number of amides is 1. The van der Waals surface area contributed by atoms with Gasteiger partial charge in [-0.2, -0.15) is 0 Å². The Hall–Kier alpha value is -1.92. The molecule has 132 valence electrons. The van der Waals surface area contributed by atoms with Crippen LogP contribution in [0.25, 0.3) is 0 Å². The molecule has 1 aliphatic rings. The van der Waals surface area contributed by atoms with Crippen molar-refractivity contribution < 1.29 is 24.2 Å². The van der Waals surface area contributed by atoms with Crippen LogP contribution in [0.3, 0.4) is 0 Å². The van der Waals surface area contributed by atoms with Gasteiger partial charge in [-0.15, -0.1) is 0 Å². The highest BCUT2D eigenvalue weighted by Gasteiger charge is 2.66. The average molecular weight is 335 g/mol. The van der Waals surface area contributed by atoms with Crippen molar-refractivity contribution in [2.75, 3.05) is 13.2 Å². The molecule has 2 unspecified atom stereocenters. The summed E-state index contributed by atoms with van der Waals surface area (Å²) < 4.78 is 11.0. The van der Waals surface area contributed by atoms with Crippen molar-refractivity contribution in [1.29, 1.82) is 0 Å². The third-order valence-electron chi connectivity index (χ3n) is 4.83. The average Bonchev–Trinajstić information content (AvgIpc) is 2.54. The quantitative estimate of drug-likeness (QED) is 0.759. The number of carboxylic acid groups (broad SMARTS) is 1. The van der Waals surface area contributed by atoms with E-state index < -0.39 is 22.8 Å². The first-order valence-corrected chi connectivity index (χ1v) is 8.11. The van der Waals surface area contributed by atoms with E-state index in [1.54, 1.807) is 13.8 Å². The van der Waals surface area contributed by atoms with E-state index in [1.165, 1.54) is 0 Å². The lowest BCUT2D eigenvalue weighted by atomic mass is 9.54. The van der Waals surface area contributed by atoms with Crippen LogP contribution in [-0.4, -0.2) is 41.8 Å². The number of aliphatic carboxylic acids is 1. The largest absolute Gasteiger partial charge is 0.479 e. The molecule has 24 heavy (non-hydrogen) atoms. The molecule has 6 nitrogen and oxygen atoms in total. The fourth-order valence-electron chi connectivity index (χ4n) is 3.15. The van der Waals surface area contributed by atoms with Gasteiger partial charge in [0.15, 0.2) is 0 Å². The monoisotopic (exact) mass is 335 g/mol. The third-order valence-corrected chi connectivity index (χ3v) is 4.83. The second-order valence-electron chi connectivity index (χ2n) is 6.61. The molecule has 1 amide bonds. The molecule has 0 bridgehead atoms. The molecule has 2 atom stereocenters. The highest BCUT2D eigenvalue weighted by atomic mass is 16.5. The Bertz CT molecular complexity index is 586. The first kappa shape index (κ1) is 18.4. The van der Waals surface area contributed by atoms with Crippen molar-refractivity contribution in [1.82, 2.24) is 5.32 Å². The summed E-state index contributed by atoms with van der Waals surface area (Å²) in [4.78, 5) is 23.9. The van der Waals surface area contributed by atoms with E-state index in [4.69, 9.17) is 9.47 Å². The van der Waals surface area contributed by atoms with Gasteiger partial charge in [0.05, 0.1) is 12.7 Å². The Morgan fingerprint density at radius 1 is 1.29 bits per heavy atom. The zero-order chi connectivity index (χ0) is 17.8. The number of benzene rings is 1. The molecule has 1 aromatic rings. The molecule has 0 saturated heterocycles. The molecule has 1 saturated carbocycles. The van der Waals surface area contributed by atoms with Crippen molar-refractivity contribution in [3.63, 3.8) is 0 Å². The number of nitrogens with one attached hydrogen (secondary N) is 1. The Labute approximate surface area is 142 Å². The smallest absolute Gasteiger partial charge is 0.330 e. The van der Waals surface area contributed by atoms with Crippen LogP contribution < -0.4 is 5.32 Å². The van der Waals surface area contributed by atoms with E-state index in [1.807, 2.05) is 37.3 Å². The first-order chi connectivity index (χ1) is 11.3. The minimum Gasteiger partial charge on any atom is -0.479 e. The number of hydrogen-bond donors (Lipinski definition) is 2. The van der Waals surface area contributed by atoms with Crippen LogP contribution in [0.1, 0.15) is 32.8 Å². The number of carbonyl (C=O) groups excluding carboxylic acids is 1. The van der Waals surface area contributed by atoms with Crippen LogP contribution in [0.15, 0.2) is 30.3 Å². The Balaban J connectivity index is 1.92. The fourth-order valence-corrected chi connectivity index (χ4v) is 3.15. The molecular weight excluding hydrogens is 310 g/mol. The standard InChI is InChI=1S/C18H25NO5/c1-4-24-14-10-18(16(21)22,17(14,2)3)19-15(20)12-23-11-13-8-6-5-7-9-13/h5-9,14H,4,10-12H2,1-3H3,(H,19,20)(H,21,22). The molecule has 0 spiro atoms. The van der Waals surface area contributed by atoms with Gasteiger partial charge in [-0.05, 0) is 12.5 Å². The molecule has 2 rings (SSSR count). The van der Waals surface area contributed by atoms with Gasteiger partial charge in [-0.3, -0.25) is 4.79 Å². The lowest BCUT2D eigenvalue weighted by Gasteiger charge is -2.58. The highest BCUT2D eigenvalue weighted by molar-refractivity contribution is 5.89. The summed E-state index contributed by atoms with van der Waals surface area (Å²) in [5.74, 6) is -1.48. The Kier molecular flexibility index (Phi) is 5.62. The highest BCUT2D eigenvalue weighted by Crippen LogP contribution is 2.51. The number of carbonyl (C=O) groups is 2. The predicted molar refractivity (Wildman–Crippen MR) is 88.4 cm³/mol. The van der Waals surface area contributed by atoms with E-state index in [0.717, 1.165) is 5.56 Å². The van der Waals surface area contributed by atoms with Gasteiger partial charge < -0.3 is 19.9 Å². The van der Waals surface area contributed by atoms with Crippen molar-refractivity contribution in [2.24, 2.45) is 5.41 Å². The minimum absolute atomic E-state index is 0.181. The van der Waals surface area contributed by atoms with Crippen molar-refractivity contribution in [2.45, 2.75) is 45.4 Å². The second kappa shape index (κ2) is 7.32. The summed E-state index contributed by atoms with van der Waals surface area (Å²) >= 11 is 0. The Morgan fingerprint density at radius 3 is 2.50 bits per heavy atom. The third kappa shape index (κ3) is 3.44. The van der Waals surface area contributed by atoms with Gasteiger partial charge >= 0.3 is 5.97 Å². The number of carboxylic acids is 1. The van der Waals surface area contributed by atoms with Crippen LogP contribution in [0, 0.1) is 5.41 Å². The SMILES string of the molecule is CCOC1CC(NC(=O)COCc2ccccc2)(C(=O)O)C1(C)C. The van der Waals surface area contributed by atoms with E-state index >= 15 is 0 Å². The predicted octanol–water partition coefficient (Wildman–Crippen LogP) is 1.98. The first-order valence-electron chi connectivity index (χ1n) is 8.11. The fraction of sp³-hybridized carbons (Fsp3) is 0.556. The van der Waals surface area contributed by atoms with Gasteiger partial charge in [0.2, 0.25) is 5.91 Å². The maximum absolute atomic E-state index is 12.2. The van der Waals surface area contributed by atoms with Crippen LogP contribution in [0.5, 0.6) is 0 Å². The van der Waals surface area contributed by atoms with Gasteiger partial charge in [-0.25, -0.2) is 4.79 Å². The molecule has 0 radical (unpaired) electrons. The minimum atomic E-state index is -1.32. The van der Waals surface area contributed by atoms with Gasteiger partial charge in [-0.1, -0.05) is 44.2 Å². The molecule has 0 aliphatic heterocycles. The molecule has 1 fully saturated rings. The zero-order valence-corrected chi connectivity index (χ0v) is 14.4. The normalized spacial score (nSPS) is 24.9. The van der Waals surface area contributed by atoms with Crippen LogP contribution in [0.2, 0.25) is 0 Å². The van der Waals surface area contributed by atoms with Crippen LogP contribution >= 0.6 is 0 Å². The number of ether oxygens (including phenoxy) is 2. The molecule has 0 aromatic heterocycles. The summed E-state index contributed by atoms with van der Waals surface area (Å²) in [6, 6.07) is 9.49. The summed E-state index contributed by atoms with van der Waals surface area (Å²) in [6.07, 6.45) is 0.0669. The summed E-state index contributed by atoms with van der Waals surface area (Å²) in [5.41, 5.74) is -1.05. The van der Waals surface area contributed by atoms with E-state index in [9.17, 15) is 14.7 Å². The van der Waals surface area contributed by atoms with Crippen molar-refractivity contribution in [3.8, 4) is 0 Å². The molecule has 2 N–H and O–H groups in total. The summed E-state index contributed by atoms with van der Waals surface area (Å²) in [7, 11) is 0. The summed E-state index contributed by atoms with van der Waals surface area (Å²) in [5, 5.41) is 12.3. The summed E-state index contributed by atoms with van der Waals surface area (Å²) in [6.45, 7) is 6.11. The number of rotatable bonds is 8. The lowest BCUT2D eigenvalue weighted by Crippen LogP contribution is -2.76. The molecule has 1 aliphatic carbocycles. The maximum Gasteiger partial charge on any atom is 0.330 e. The lowest BCUT2D eigenvalue weighted by molar-refractivity contribution is -0.195. The second-order valence-corrected chi connectivity index (χ2v) is 6.61. The molecule has 1 aromatic carbocycles. The molecular formula is C18H25NO5. The van der Waals surface area contributed by atoms with Gasteiger partial charge in [0.25, 0.3) is 0 Å². The molecule has 0 heterocycles. The molecule has 6 heteroatoms. The van der Waals surface area contributed by atoms with E-state index in [-0.39, 0.29) is 19.1 Å². The van der Waals surface area contributed by atoms with E-state index in [0.29, 0.717) is 13.2 Å². The van der Waals surface area contributed by atoms with E-state index in [2.05, 4.69) is 5.32 Å². The zero-order valence-electron chi connectivity index (χ0n) is 14.4. The van der Waals surface area contributed by atoms with Crippen LogP contribution in [0.4, 0.5) is 0 Å². The maximum atomic E-state index is 12.2. The van der Waals surface area contributed by atoms with Gasteiger partial charge in [0.1, 0.15) is 12.1 Å². The topological polar surface area (TPSA) is 84.9 Å². The van der Waals surface area contributed by atoms with Crippen LogP contribution in [-0.2, 0) is 25.7 Å². The van der Waals surface area contributed by atoms with Crippen molar-refractivity contribution >= 4 is 11.9 Å². The number of hydrogen-bond acceptors (Lipinski definition) is 4.